The molecule has 1 aromatic carbocycles. The van der Waals surface area contributed by atoms with Gasteiger partial charge in [0.15, 0.2) is 5.75 Å². The average molecular weight is 217 g/mol. The van der Waals surface area contributed by atoms with Gasteiger partial charge in [0.05, 0.1) is 6.20 Å². The van der Waals surface area contributed by atoms with Crippen molar-refractivity contribution in [2.24, 2.45) is 0 Å². The molecule has 80 valence electrons. The summed E-state index contributed by atoms with van der Waals surface area (Å²) in [6, 6.07) is 7.13. The zero-order valence-electron chi connectivity index (χ0n) is 8.22. The fourth-order valence-electron chi connectivity index (χ4n) is 1.37. The molecule has 2 aromatic rings. The third-order valence-corrected chi connectivity index (χ3v) is 2.12. The maximum absolute atomic E-state index is 13.0. The van der Waals surface area contributed by atoms with Gasteiger partial charge in [0.25, 0.3) is 0 Å². The second-order valence-corrected chi connectivity index (χ2v) is 3.24. The van der Waals surface area contributed by atoms with Crippen molar-refractivity contribution < 1.29 is 9.50 Å². The second kappa shape index (κ2) is 4.10. The first-order valence-electron chi connectivity index (χ1n) is 4.62. The number of nitrogens with zero attached hydrogens (tertiary/aromatic N) is 1. The molecule has 2 rings (SSSR count). The lowest BCUT2D eigenvalue weighted by Crippen LogP contribution is -2.01. The fourth-order valence-corrected chi connectivity index (χ4v) is 1.37. The minimum absolute atomic E-state index is 0.217. The fraction of sp³-hybridized carbons (Fsp3) is 0. The molecule has 0 aliphatic rings. The molecule has 0 aliphatic heterocycles. The quantitative estimate of drug-likeness (QED) is 0.794. The molecule has 0 atom stereocenters. The molecule has 3 nitrogen and oxygen atoms in total. The Bertz CT molecular complexity index is 584. The minimum atomic E-state index is -0.544. The summed E-state index contributed by atoms with van der Waals surface area (Å²) >= 11 is 0. The van der Waals surface area contributed by atoms with E-state index < -0.39 is 11.2 Å². The van der Waals surface area contributed by atoms with E-state index in [9.17, 15) is 14.3 Å². The summed E-state index contributed by atoms with van der Waals surface area (Å²) in [6.45, 7) is 0. The van der Waals surface area contributed by atoms with Crippen molar-refractivity contribution in [1.29, 1.82) is 0 Å². The van der Waals surface area contributed by atoms with Crippen LogP contribution in [0.1, 0.15) is 0 Å². The monoisotopic (exact) mass is 217 g/mol. The van der Waals surface area contributed by atoms with E-state index in [1.165, 1.54) is 30.5 Å². The first-order valence-corrected chi connectivity index (χ1v) is 4.62. The van der Waals surface area contributed by atoms with Crippen LogP contribution in [0.25, 0.3) is 11.1 Å². The molecular formula is C12H8FNO2. The molecule has 0 saturated carbocycles. The highest BCUT2D eigenvalue weighted by atomic mass is 19.1. The van der Waals surface area contributed by atoms with Gasteiger partial charge in [-0.25, -0.2) is 4.39 Å². The highest BCUT2D eigenvalue weighted by Gasteiger charge is 2.05. The molecule has 0 radical (unpaired) electrons. The highest BCUT2D eigenvalue weighted by molar-refractivity contribution is 5.63. The number of hydrogen-bond donors (Lipinski definition) is 1. The van der Waals surface area contributed by atoms with E-state index in [4.69, 9.17) is 0 Å². The Morgan fingerprint density at radius 2 is 1.94 bits per heavy atom. The molecule has 16 heavy (non-hydrogen) atoms. The summed E-state index contributed by atoms with van der Waals surface area (Å²) in [4.78, 5) is 15.3. The first kappa shape index (κ1) is 10.3. The maximum Gasteiger partial charge on any atom is 0.227 e. The normalized spacial score (nSPS) is 10.1. The lowest BCUT2D eigenvalue weighted by Gasteiger charge is -1.97. The van der Waals surface area contributed by atoms with E-state index in [0.29, 0.717) is 5.56 Å². The minimum Gasteiger partial charge on any atom is -0.504 e. The topological polar surface area (TPSA) is 50.2 Å². The summed E-state index contributed by atoms with van der Waals surface area (Å²) in [5.74, 6) is -0.896. The van der Waals surface area contributed by atoms with Crippen LogP contribution in [0.2, 0.25) is 0 Å². The van der Waals surface area contributed by atoms with Crippen molar-refractivity contribution in [3.8, 4) is 16.9 Å². The summed E-state index contributed by atoms with van der Waals surface area (Å²) in [6.07, 6.45) is 2.43. The van der Waals surface area contributed by atoms with E-state index in [0.717, 1.165) is 6.20 Å². The zero-order valence-corrected chi connectivity index (χ0v) is 8.22. The van der Waals surface area contributed by atoms with Gasteiger partial charge in [0, 0.05) is 17.3 Å². The lowest BCUT2D eigenvalue weighted by atomic mass is 10.1. The molecule has 4 heteroatoms. The van der Waals surface area contributed by atoms with Gasteiger partial charge in [-0.05, 0) is 12.1 Å². The zero-order chi connectivity index (χ0) is 11.5. The van der Waals surface area contributed by atoms with E-state index in [2.05, 4.69) is 4.98 Å². The van der Waals surface area contributed by atoms with Gasteiger partial charge in [-0.1, -0.05) is 18.2 Å². The third-order valence-electron chi connectivity index (χ3n) is 2.12. The van der Waals surface area contributed by atoms with Gasteiger partial charge in [-0.15, -0.1) is 0 Å². The van der Waals surface area contributed by atoms with Crippen molar-refractivity contribution in [3.63, 3.8) is 0 Å². The Balaban J connectivity index is 2.71. The predicted molar refractivity (Wildman–Crippen MR) is 57.6 cm³/mol. The van der Waals surface area contributed by atoms with Crippen LogP contribution >= 0.6 is 0 Å². The molecule has 1 heterocycles. The molecule has 0 bridgehead atoms. The van der Waals surface area contributed by atoms with Crippen LogP contribution in [0.4, 0.5) is 4.39 Å². The summed E-state index contributed by atoms with van der Waals surface area (Å²) in [5.41, 5.74) is 0.0170. The summed E-state index contributed by atoms with van der Waals surface area (Å²) < 4.78 is 13.0. The number of aromatic hydroxyl groups is 1. The van der Waals surface area contributed by atoms with Crippen LogP contribution in [0.5, 0.6) is 5.75 Å². The van der Waals surface area contributed by atoms with Crippen LogP contribution in [-0.2, 0) is 0 Å². The van der Waals surface area contributed by atoms with Gasteiger partial charge in [0.2, 0.25) is 5.43 Å². The van der Waals surface area contributed by atoms with Crippen molar-refractivity contribution in [3.05, 3.63) is 58.8 Å². The SMILES string of the molecule is O=c1c(O)ccccc1-c1cncc(F)c1. The van der Waals surface area contributed by atoms with Gasteiger partial charge < -0.3 is 5.11 Å². The molecule has 0 unspecified atom stereocenters. The first-order chi connectivity index (χ1) is 7.68. The van der Waals surface area contributed by atoms with Crippen LogP contribution in [0.3, 0.4) is 0 Å². The number of rotatable bonds is 1. The molecule has 0 amide bonds. The maximum atomic E-state index is 13.0. The van der Waals surface area contributed by atoms with E-state index in [-0.39, 0.29) is 11.3 Å². The Kier molecular flexibility index (Phi) is 2.64. The molecule has 0 fully saturated rings. The van der Waals surface area contributed by atoms with Gasteiger partial charge in [0.1, 0.15) is 5.82 Å². The van der Waals surface area contributed by atoms with Crippen molar-refractivity contribution >= 4 is 0 Å². The standard InChI is InChI=1S/C12H8FNO2/c13-9-5-8(6-14-7-9)10-3-1-2-4-11(15)12(10)16/h1-7H,(H,15,16). The molecule has 1 N–H and O–H groups in total. The molecular weight excluding hydrogens is 209 g/mol. The molecule has 0 saturated heterocycles. The number of halogens is 1. The van der Waals surface area contributed by atoms with E-state index in [1.54, 1.807) is 6.07 Å². The van der Waals surface area contributed by atoms with Crippen LogP contribution in [-0.4, -0.2) is 10.1 Å². The Morgan fingerprint density at radius 3 is 2.69 bits per heavy atom. The predicted octanol–water partition coefficient (Wildman–Crippen LogP) is 1.95. The summed E-state index contributed by atoms with van der Waals surface area (Å²) in [7, 11) is 0. The summed E-state index contributed by atoms with van der Waals surface area (Å²) in [5, 5.41) is 9.36. The van der Waals surface area contributed by atoms with Gasteiger partial charge in [-0.3, -0.25) is 9.78 Å². The lowest BCUT2D eigenvalue weighted by molar-refractivity contribution is 0.471. The van der Waals surface area contributed by atoms with E-state index in [1.807, 2.05) is 0 Å². The van der Waals surface area contributed by atoms with Crippen molar-refractivity contribution in [2.45, 2.75) is 0 Å². The number of pyridine rings is 1. The Labute approximate surface area is 90.8 Å². The van der Waals surface area contributed by atoms with Crippen molar-refractivity contribution in [2.75, 3.05) is 0 Å². The van der Waals surface area contributed by atoms with Gasteiger partial charge in [-0.2, -0.15) is 0 Å². The molecule has 0 spiro atoms. The Morgan fingerprint density at radius 1 is 1.19 bits per heavy atom. The Hall–Kier alpha value is -2.23. The van der Waals surface area contributed by atoms with Crippen LogP contribution < -0.4 is 5.43 Å². The molecule has 1 aromatic heterocycles. The van der Waals surface area contributed by atoms with Crippen molar-refractivity contribution in [1.82, 2.24) is 4.98 Å². The highest BCUT2D eigenvalue weighted by Crippen LogP contribution is 2.16. The largest absolute Gasteiger partial charge is 0.504 e. The van der Waals surface area contributed by atoms with Gasteiger partial charge >= 0.3 is 0 Å². The van der Waals surface area contributed by atoms with Crippen LogP contribution in [0.15, 0.2) is 47.5 Å². The average Bonchev–Trinajstić information content (AvgIpc) is 2.42. The third kappa shape index (κ3) is 1.91. The van der Waals surface area contributed by atoms with Crippen LogP contribution in [0, 0.1) is 5.82 Å². The van der Waals surface area contributed by atoms with E-state index >= 15 is 0 Å². The molecule has 0 aliphatic carbocycles. The second-order valence-electron chi connectivity index (χ2n) is 3.24. The number of hydrogen-bond acceptors (Lipinski definition) is 3. The number of aromatic nitrogens is 1. The smallest absolute Gasteiger partial charge is 0.227 e.